The van der Waals surface area contributed by atoms with E-state index in [-0.39, 0.29) is 96.3 Å². The van der Waals surface area contributed by atoms with Crippen LogP contribution in [0.1, 0.15) is 12.8 Å². The van der Waals surface area contributed by atoms with Gasteiger partial charge in [-0.15, -0.1) is 20.4 Å². The van der Waals surface area contributed by atoms with Crippen molar-refractivity contribution in [3.63, 3.8) is 0 Å². The third kappa shape index (κ3) is 12.0. The van der Waals surface area contributed by atoms with Crippen LogP contribution in [0.25, 0.3) is 34.2 Å². The van der Waals surface area contributed by atoms with Crippen molar-refractivity contribution in [2.24, 2.45) is 0 Å². The second-order valence-corrected chi connectivity index (χ2v) is 21.2. The Kier molecular flexibility index (Phi) is 16.9. The summed E-state index contributed by atoms with van der Waals surface area (Å²) < 4.78 is 123. The van der Waals surface area contributed by atoms with Gasteiger partial charge in [0.05, 0.1) is 65.4 Å². The fourth-order valence-corrected chi connectivity index (χ4v) is 11.5. The Hall–Kier alpha value is -9.02. The summed E-state index contributed by atoms with van der Waals surface area (Å²) in [6.45, 7) is 0.688. The molecule has 8 aromatic heterocycles. The van der Waals surface area contributed by atoms with Crippen molar-refractivity contribution in [1.29, 1.82) is 0 Å². The molecule has 0 amide bonds. The summed E-state index contributed by atoms with van der Waals surface area (Å²) in [5, 5.41) is 14.8. The number of rotatable bonds is 18. The van der Waals surface area contributed by atoms with Gasteiger partial charge in [0.2, 0.25) is 67.4 Å². The first-order valence-electron chi connectivity index (χ1n) is 23.8. The average molecular weight is 1150 g/mol. The lowest BCUT2D eigenvalue weighted by Gasteiger charge is -2.36. The molecule has 80 heavy (non-hydrogen) atoms. The number of piperidine rings is 2. The molecule has 2 saturated heterocycles. The molecular formula is C46H50F2N20O10S2. The van der Waals surface area contributed by atoms with E-state index in [0.717, 1.165) is 24.8 Å². The molecule has 30 nitrogen and oxygen atoms in total. The second-order valence-electron chi connectivity index (χ2n) is 17.3. The van der Waals surface area contributed by atoms with Gasteiger partial charge in [-0.2, -0.15) is 19.9 Å². The van der Waals surface area contributed by atoms with Crippen LogP contribution in [0.3, 0.4) is 0 Å². The minimum Gasteiger partial charge on any atom is -0.479 e. The number of halogens is 2. The summed E-state index contributed by atoms with van der Waals surface area (Å²) in [5.41, 5.74) is 1.41. The number of methoxy groups -OCH3 is 6. The van der Waals surface area contributed by atoms with Gasteiger partial charge in [-0.05, 0) is 37.1 Å². The van der Waals surface area contributed by atoms with Gasteiger partial charge in [-0.1, -0.05) is 0 Å². The Morgan fingerprint density at radius 1 is 0.500 bits per heavy atom. The monoisotopic (exact) mass is 1140 g/mol. The number of aromatic nitrogens is 16. The standard InChI is InChI=1S/2C23H25FN10O5S/c2*1-37-16-7-17(12-33(11-16)22-26-9-15(24)10-27-22)40(35,36)32-23-31-30-19(14-5-4-6-25-8-14)34(23)18-20(38-2)28-13-29-21(18)39-3/h2*4-6,8-10,13,16-17H,7,11-12H2,1-3H3,(H,31,32)/t2*16-,17-/m10/s1. The summed E-state index contributed by atoms with van der Waals surface area (Å²) in [5.74, 6) is -0.324. The van der Waals surface area contributed by atoms with Crippen molar-refractivity contribution in [3.8, 4) is 57.7 Å². The van der Waals surface area contributed by atoms with Crippen LogP contribution >= 0.6 is 0 Å². The first-order chi connectivity index (χ1) is 38.7. The van der Waals surface area contributed by atoms with Gasteiger partial charge in [-0.3, -0.25) is 28.5 Å². The molecule has 0 unspecified atom stereocenters. The largest absolute Gasteiger partial charge is 0.479 e. The zero-order valence-corrected chi connectivity index (χ0v) is 45.0. The molecule has 34 heteroatoms. The van der Waals surface area contributed by atoms with Gasteiger partial charge in [-0.25, -0.2) is 45.6 Å². The van der Waals surface area contributed by atoms with Crippen LogP contribution in [0.4, 0.5) is 32.6 Å². The molecule has 2 fully saturated rings. The zero-order valence-electron chi connectivity index (χ0n) is 43.3. The molecule has 420 valence electrons. The first kappa shape index (κ1) is 55.7. The molecule has 10 rings (SSSR count). The molecule has 8 aromatic rings. The minimum atomic E-state index is -4.13. The van der Waals surface area contributed by atoms with Gasteiger partial charge in [0.25, 0.3) is 0 Å². The highest BCUT2D eigenvalue weighted by Gasteiger charge is 2.40. The van der Waals surface area contributed by atoms with Gasteiger partial charge in [0.1, 0.15) is 23.2 Å². The summed E-state index contributed by atoms with van der Waals surface area (Å²) in [6, 6.07) is 6.87. The number of hydrogen-bond acceptors (Lipinski definition) is 26. The highest BCUT2D eigenvalue weighted by Crippen LogP contribution is 2.38. The maximum Gasteiger partial charge on any atom is 0.245 e. The SMILES string of the molecule is COc1ncnc(OC)c1-n1c(NS(=O)(=O)[C@@H]2C[C@@H](OC)CN(c3ncc(F)cn3)C2)nnc1-c1cccnc1.COc1ncnc(OC)c1-n1c(NS(=O)(=O)[C@H]2C[C@H](OC)CN(c3ncc(F)cn3)C2)nnc1-c1cccnc1. The van der Waals surface area contributed by atoms with E-state index in [1.54, 1.807) is 58.9 Å². The Morgan fingerprint density at radius 3 is 1.18 bits per heavy atom. The van der Waals surface area contributed by atoms with E-state index in [0.29, 0.717) is 24.2 Å². The Bertz CT molecular complexity index is 3340. The first-order valence-corrected chi connectivity index (χ1v) is 26.9. The summed E-state index contributed by atoms with van der Waals surface area (Å²) >= 11 is 0. The molecule has 10 heterocycles. The molecule has 2 aliphatic rings. The van der Waals surface area contributed by atoms with E-state index in [1.807, 2.05) is 0 Å². The second kappa shape index (κ2) is 24.3. The van der Waals surface area contributed by atoms with Crippen LogP contribution in [0, 0.1) is 11.6 Å². The van der Waals surface area contributed by atoms with Crippen LogP contribution in [-0.4, -0.2) is 188 Å². The van der Waals surface area contributed by atoms with Crippen LogP contribution in [0.5, 0.6) is 23.5 Å². The van der Waals surface area contributed by atoms with Crippen molar-refractivity contribution in [2.75, 3.05) is 88.1 Å². The lowest BCUT2D eigenvalue weighted by atomic mass is 10.1. The van der Waals surface area contributed by atoms with Crippen molar-refractivity contribution >= 4 is 43.8 Å². The third-order valence-corrected chi connectivity index (χ3v) is 15.8. The Morgan fingerprint density at radius 2 is 0.863 bits per heavy atom. The number of anilines is 4. The Balaban J connectivity index is 0.000000194. The van der Waals surface area contributed by atoms with Crippen LogP contribution in [0.15, 0.2) is 86.5 Å². The van der Waals surface area contributed by atoms with Crippen molar-refractivity contribution < 1.29 is 54.0 Å². The molecular weight excluding hydrogens is 1090 g/mol. The Labute approximate surface area is 455 Å². The highest BCUT2D eigenvalue weighted by molar-refractivity contribution is 7.93. The number of nitrogens with one attached hydrogen (secondary N) is 2. The van der Waals surface area contributed by atoms with Crippen molar-refractivity contribution in [3.05, 3.63) is 98.1 Å². The van der Waals surface area contributed by atoms with Gasteiger partial charge >= 0.3 is 0 Å². The van der Waals surface area contributed by atoms with E-state index in [1.165, 1.54) is 64.4 Å². The maximum atomic E-state index is 13.8. The molecule has 0 aromatic carbocycles. The third-order valence-electron chi connectivity index (χ3n) is 12.4. The summed E-state index contributed by atoms with van der Waals surface area (Å²) in [6.07, 6.45) is 12.3. The highest BCUT2D eigenvalue weighted by atomic mass is 32.2. The predicted molar refractivity (Wildman–Crippen MR) is 278 cm³/mol. The zero-order chi connectivity index (χ0) is 56.6. The van der Waals surface area contributed by atoms with E-state index in [9.17, 15) is 25.6 Å². The normalized spacial score (nSPS) is 17.4. The lowest BCUT2D eigenvalue weighted by Crippen LogP contribution is -2.51. The number of hydrogen-bond donors (Lipinski definition) is 2. The van der Waals surface area contributed by atoms with Crippen LogP contribution < -0.4 is 38.2 Å². The summed E-state index contributed by atoms with van der Waals surface area (Å²) in [4.78, 5) is 44.1. The number of nitrogens with zero attached hydrogens (tertiary/aromatic N) is 18. The van der Waals surface area contributed by atoms with E-state index >= 15 is 0 Å². The molecule has 0 saturated carbocycles. The fourth-order valence-electron chi connectivity index (χ4n) is 8.66. The quantitative estimate of drug-likeness (QED) is 0.124. The van der Waals surface area contributed by atoms with Crippen molar-refractivity contribution in [2.45, 2.75) is 35.5 Å². The average Bonchev–Trinajstić information content (AvgIpc) is 4.22. The number of pyridine rings is 2. The summed E-state index contributed by atoms with van der Waals surface area (Å²) in [7, 11) is 0.336. The van der Waals surface area contributed by atoms with Crippen molar-refractivity contribution in [1.82, 2.24) is 79.4 Å². The van der Waals surface area contributed by atoms with E-state index in [4.69, 9.17) is 28.4 Å². The topological polar surface area (TPSA) is 345 Å². The molecule has 4 atom stereocenters. The van der Waals surface area contributed by atoms with Gasteiger partial charge < -0.3 is 38.2 Å². The lowest BCUT2D eigenvalue weighted by molar-refractivity contribution is 0.0897. The minimum absolute atomic E-state index is 0.0194. The molecule has 0 aliphatic carbocycles. The van der Waals surface area contributed by atoms with Gasteiger partial charge in [0, 0.05) is 76.3 Å². The number of sulfonamides is 2. The van der Waals surface area contributed by atoms with E-state index in [2.05, 4.69) is 79.7 Å². The van der Waals surface area contributed by atoms with Crippen LogP contribution in [-0.2, 0) is 29.5 Å². The molecule has 2 aliphatic heterocycles. The van der Waals surface area contributed by atoms with E-state index < -0.39 is 54.4 Å². The molecule has 2 N–H and O–H groups in total. The van der Waals surface area contributed by atoms with Crippen LogP contribution in [0.2, 0.25) is 0 Å². The molecule has 0 bridgehead atoms. The molecule has 0 spiro atoms. The predicted octanol–water partition coefficient (Wildman–Crippen LogP) is 2.20. The fraction of sp³-hybridized carbons (Fsp3) is 0.348. The molecule has 0 radical (unpaired) electrons. The number of ether oxygens (including phenoxy) is 6. The van der Waals surface area contributed by atoms with Gasteiger partial charge in [0.15, 0.2) is 34.7 Å². The smallest absolute Gasteiger partial charge is 0.245 e. The maximum absolute atomic E-state index is 13.8.